The predicted octanol–water partition coefficient (Wildman–Crippen LogP) is 3.41. The zero-order chi connectivity index (χ0) is 13.9. The Bertz CT molecular complexity index is 405. The number of hydrogen-bond donors (Lipinski definition) is 2. The van der Waals surface area contributed by atoms with Gasteiger partial charge < -0.3 is 10.6 Å². The van der Waals surface area contributed by atoms with E-state index < -0.39 is 0 Å². The van der Waals surface area contributed by atoms with E-state index in [4.69, 9.17) is 0 Å². The molecular formula is C14H26N4. The molecule has 1 aromatic heterocycles. The van der Waals surface area contributed by atoms with E-state index in [1.165, 1.54) is 0 Å². The lowest BCUT2D eigenvalue weighted by molar-refractivity contribution is 0.442. The Morgan fingerprint density at radius 1 is 1.11 bits per heavy atom. The van der Waals surface area contributed by atoms with Crippen LogP contribution in [0.25, 0.3) is 0 Å². The van der Waals surface area contributed by atoms with E-state index in [1.54, 1.807) is 0 Å². The summed E-state index contributed by atoms with van der Waals surface area (Å²) in [6.45, 7) is 13.8. The molecule has 1 aromatic rings. The van der Waals surface area contributed by atoms with Crippen molar-refractivity contribution in [3.8, 4) is 0 Å². The molecule has 1 heterocycles. The molecule has 18 heavy (non-hydrogen) atoms. The summed E-state index contributed by atoms with van der Waals surface area (Å²) in [5, 5.41) is 6.57. The first-order valence-electron chi connectivity index (χ1n) is 6.54. The Kier molecular flexibility index (Phi) is 4.54. The second-order valence-corrected chi connectivity index (χ2v) is 6.22. The Hall–Kier alpha value is -1.32. The maximum atomic E-state index is 4.62. The van der Waals surface area contributed by atoms with Crippen LogP contribution in [-0.4, -0.2) is 23.6 Å². The van der Waals surface area contributed by atoms with Crippen LogP contribution in [0.3, 0.4) is 0 Å². The van der Waals surface area contributed by atoms with E-state index in [1.807, 2.05) is 14.0 Å². The highest BCUT2D eigenvalue weighted by Crippen LogP contribution is 2.24. The summed E-state index contributed by atoms with van der Waals surface area (Å²) in [6, 6.07) is 0. The van der Waals surface area contributed by atoms with E-state index in [2.05, 4.69) is 55.2 Å². The van der Waals surface area contributed by atoms with Gasteiger partial charge in [0.1, 0.15) is 17.5 Å². The van der Waals surface area contributed by atoms with Gasteiger partial charge in [-0.05, 0) is 12.3 Å². The van der Waals surface area contributed by atoms with Gasteiger partial charge in [-0.15, -0.1) is 0 Å². The van der Waals surface area contributed by atoms with Crippen LogP contribution in [-0.2, 0) is 0 Å². The number of nitrogens with one attached hydrogen (secondary N) is 2. The summed E-state index contributed by atoms with van der Waals surface area (Å²) in [7, 11) is 1.90. The molecule has 102 valence electrons. The zero-order valence-corrected chi connectivity index (χ0v) is 12.7. The standard InChI is InChI=1S/C14H26N4/c1-9(2)11-17-12(15-7)10(3)13(18-11)16-8-14(4,5)6/h9H,8H2,1-7H3,(H2,15,16,17,18). The largest absolute Gasteiger partial charge is 0.373 e. The van der Waals surface area contributed by atoms with E-state index in [0.717, 1.165) is 29.6 Å². The molecule has 0 amide bonds. The molecule has 0 aliphatic rings. The maximum absolute atomic E-state index is 4.62. The fourth-order valence-corrected chi connectivity index (χ4v) is 1.56. The topological polar surface area (TPSA) is 49.8 Å². The van der Waals surface area contributed by atoms with Crippen LogP contribution in [0.5, 0.6) is 0 Å². The van der Waals surface area contributed by atoms with Crippen molar-refractivity contribution < 1.29 is 0 Å². The molecule has 0 aliphatic carbocycles. The van der Waals surface area contributed by atoms with Gasteiger partial charge in [-0.25, -0.2) is 9.97 Å². The van der Waals surface area contributed by atoms with Crippen molar-refractivity contribution in [1.82, 2.24) is 9.97 Å². The second-order valence-electron chi connectivity index (χ2n) is 6.22. The lowest BCUT2D eigenvalue weighted by Gasteiger charge is -2.21. The van der Waals surface area contributed by atoms with E-state index in [-0.39, 0.29) is 5.41 Å². The number of nitrogens with zero attached hydrogens (tertiary/aromatic N) is 2. The van der Waals surface area contributed by atoms with Crippen LogP contribution in [0, 0.1) is 12.3 Å². The molecule has 0 fully saturated rings. The minimum absolute atomic E-state index is 0.231. The number of rotatable bonds is 4. The molecule has 0 aliphatic heterocycles. The molecule has 2 N–H and O–H groups in total. The molecule has 0 saturated carbocycles. The summed E-state index contributed by atoms with van der Waals surface area (Å²) in [5.74, 6) is 3.05. The van der Waals surface area contributed by atoms with Gasteiger partial charge in [-0.2, -0.15) is 0 Å². The first kappa shape index (κ1) is 14.7. The third-order valence-corrected chi connectivity index (χ3v) is 2.70. The summed E-state index contributed by atoms with van der Waals surface area (Å²) < 4.78 is 0. The average molecular weight is 250 g/mol. The molecule has 0 atom stereocenters. The Labute approximate surface area is 111 Å². The first-order chi connectivity index (χ1) is 8.24. The smallest absolute Gasteiger partial charge is 0.135 e. The lowest BCUT2D eigenvalue weighted by Crippen LogP contribution is -2.21. The zero-order valence-electron chi connectivity index (χ0n) is 12.7. The lowest BCUT2D eigenvalue weighted by atomic mass is 9.97. The second kappa shape index (κ2) is 5.55. The number of anilines is 2. The first-order valence-corrected chi connectivity index (χ1v) is 6.54. The van der Waals surface area contributed by atoms with Gasteiger partial charge in [0, 0.05) is 25.1 Å². The third kappa shape index (κ3) is 3.86. The van der Waals surface area contributed by atoms with Crippen molar-refractivity contribution >= 4 is 11.6 Å². The van der Waals surface area contributed by atoms with Gasteiger partial charge >= 0.3 is 0 Å². The fraction of sp³-hybridized carbons (Fsp3) is 0.714. The fourth-order valence-electron chi connectivity index (χ4n) is 1.56. The number of aromatic nitrogens is 2. The van der Waals surface area contributed by atoms with Crippen molar-refractivity contribution in [1.29, 1.82) is 0 Å². The SMILES string of the molecule is CNc1nc(C(C)C)nc(NCC(C)(C)C)c1C. The van der Waals surface area contributed by atoms with E-state index >= 15 is 0 Å². The predicted molar refractivity (Wildman–Crippen MR) is 78.3 cm³/mol. The van der Waals surface area contributed by atoms with Gasteiger partial charge in [-0.3, -0.25) is 0 Å². The summed E-state index contributed by atoms with van der Waals surface area (Å²) >= 11 is 0. The van der Waals surface area contributed by atoms with Crippen LogP contribution in [0.2, 0.25) is 0 Å². The van der Waals surface area contributed by atoms with Crippen LogP contribution in [0.1, 0.15) is 51.9 Å². The maximum Gasteiger partial charge on any atom is 0.135 e. The van der Waals surface area contributed by atoms with Crippen LogP contribution in [0.4, 0.5) is 11.6 Å². The van der Waals surface area contributed by atoms with Crippen molar-refractivity contribution in [3.05, 3.63) is 11.4 Å². The molecule has 0 unspecified atom stereocenters. The molecule has 0 saturated heterocycles. The monoisotopic (exact) mass is 250 g/mol. The number of hydrogen-bond acceptors (Lipinski definition) is 4. The third-order valence-electron chi connectivity index (χ3n) is 2.70. The van der Waals surface area contributed by atoms with E-state index in [0.29, 0.717) is 5.92 Å². The highest BCUT2D eigenvalue weighted by molar-refractivity contribution is 5.57. The summed E-state index contributed by atoms with van der Waals surface area (Å²) in [6.07, 6.45) is 0. The van der Waals surface area contributed by atoms with Crippen LogP contribution in [0.15, 0.2) is 0 Å². The Morgan fingerprint density at radius 3 is 2.11 bits per heavy atom. The van der Waals surface area contributed by atoms with Gasteiger partial charge in [0.05, 0.1) is 0 Å². The molecule has 4 nitrogen and oxygen atoms in total. The highest BCUT2D eigenvalue weighted by atomic mass is 15.1. The van der Waals surface area contributed by atoms with Crippen molar-refractivity contribution in [2.24, 2.45) is 5.41 Å². The Morgan fingerprint density at radius 2 is 1.67 bits per heavy atom. The van der Waals surface area contributed by atoms with Crippen molar-refractivity contribution in [2.75, 3.05) is 24.2 Å². The van der Waals surface area contributed by atoms with Crippen molar-refractivity contribution in [2.45, 2.75) is 47.5 Å². The van der Waals surface area contributed by atoms with Gasteiger partial charge in [0.2, 0.25) is 0 Å². The van der Waals surface area contributed by atoms with Crippen LogP contribution < -0.4 is 10.6 Å². The summed E-state index contributed by atoms with van der Waals surface area (Å²) in [4.78, 5) is 9.15. The van der Waals surface area contributed by atoms with Crippen LogP contribution >= 0.6 is 0 Å². The normalized spacial score (nSPS) is 11.8. The van der Waals surface area contributed by atoms with Gasteiger partial charge in [0.15, 0.2) is 0 Å². The Balaban J connectivity index is 3.05. The molecule has 0 radical (unpaired) electrons. The molecule has 0 bridgehead atoms. The average Bonchev–Trinajstić information content (AvgIpc) is 2.26. The summed E-state index contributed by atoms with van der Waals surface area (Å²) in [5.41, 5.74) is 1.31. The molecule has 0 spiro atoms. The molecule has 1 rings (SSSR count). The quantitative estimate of drug-likeness (QED) is 0.860. The van der Waals surface area contributed by atoms with Gasteiger partial charge in [-0.1, -0.05) is 34.6 Å². The minimum atomic E-state index is 0.231. The molecule has 4 heteroatoms. The molecule has 0 aromatic carbocycles. The minimum Gasteiger partial charge on any atom is -0.373 e. The van der Waals surface area contributed by atoms with Gasteiger partial charge in [0.25, 0.3) is 0 Å². The highest BCUT2D eigenvalue weighted by Gasteiger charge is 2.15. The molecular weight excluding hydrogens is 224 g/mol. The van der Waals surface area contributed by atoms with E-state index in [9.17, 15) is 0 Å². The van der Waals surface area contributed by atoms with Crippen molar-refractivity contribution in [3.63, 3.8) is 0 Å².